The first-order valence-corrected chi connectivity index (χ1v) is 7.67. The van der Waals surface area contributed by atoms with Crippen LogP contribution in [0.4, 0.5) is 0 Å². The van der Waals surface area contributed by atoms with Gasteiger partial charge in [0.25, 0.3) is 0 Å². The maximum atomic E-state index is 5.98. The predicted molar refractivity (Wildman–Crippen MR) is 87.9 cm³/mol. The van der Waals surface area contributed by atoms with Gasteiger partial charge in [-0.15, -0.1) is 11.3 Å². The van der Waals surface area contributed by atoms with E-state index < -0.39 is 0 Å². The standard InChI is InChI=1S/C18H13NOS/c1-2-8-14-13(6-1)7-5-10-16(14)20-12-18-19-15-9-3-4-11-17(15)21-18/h1-11H,12H2. The number of hydrogen-bond acceptors (Lipinski definition) is 3. The van der Waals surface area contributed by atoms with Gasteiger partial charge in [-0.2, -0.15) is 0 Å². The molecule has 4 aromatic rings. The lowest BCUT2D eigenvalue weighted by Gasteiger charge is -2.07. The van der Waals surface area contributed by atoms with E-state index in [0.717, 1.165) is 21.7 Å². The number of benzene rings is 3. The van der Waals surface area contributed by atoms with E-state index >= 15 is 0 Å². The number of nitrogens with zero attached hydrogens (tertiary/aromatic N) is 1. The zero-order valence-electron chi connectivity index (χ0n) is 11.3. The third-order valence-corrected chi connectivity index (χ3v) is 4.45. The van der Waals surface area contributed by atoms with Crippen LogP contribution in [0.15, 0.2) is 66.7 Å². The normalized spacial score (nSPS) is 11.0. The molecule has 0 unspecified atom stereocenters. The van der Waals surface area contributed by atoms with E-state index in [2.05, 4.69) is 29.2 Å². The molecular weight excluding hydrogens is 278 g/mol. The molecule has 21 heavy (non-hydrogen) atoms. The third kappa shape index (κ3) is 2.36. The molecule has 0 radical (unpaired) electrons. The lowest BCUT2D eigenvalue weighted by atomic mass is 10.1. The van der Waals surface area contributed by atoms with Crippen LogP contribution in [0.5, 0.6) is 5.75 Å². The van der Waals surface area contributed by atoms with E-state index in [0.29, 0.717) is 6.61 Å². The molecule has 102 valence electrons. The first kappa shape index (κ1) is 12.4. The Labute approximate surface area is 126 Å². The second kappa shape index (κ2) is 5.19. The van der Waals surface area contributed by atoms with Crippen LogP contribution in [0.3, 0.4) is 0 Å². The van der Waals surface area contributed by atoms with Crippen molar-refractivity contribution in [3.8, 4) is 5.75 Å². The van der Waals surface area contributed by atoms with Crippen molar-refractivity contribution in [3.05, 3.63) is 71.7 Å². The summed E-state index contributed by atoms with van der Waals surface area (Å²) in [5.41, 5.74) is 1.04. The molecule has 0 saturated heterocycles. The summed E-state index contributed by atoms with van der Waals surface area (Å²) in [6, 6.07) is 22.6. The van der Waals surface area contributed by atoms with E-state index in [1.54, 1.807) is 11.3 Å². The van der Waals surface area contributed by atoms with Crippen molar-refractivity contribution < 1.29 is 4.74 Å². The quantitative estimate of drug-likeness (QED) is 0.528. The Morgan fingerprint density at radius 1 is 0.857 bits per heavy atom. The van der Waals surface area contributed by atoms with Crippen LogP contribution in [-0.2, 0) is 6.61 Å². The number of aromatic nitrogens is 1. The van der Waals surface area contributed by atoms with Gasteiger partial charge >= 0.3 is 0 Å². The highest BCUT2D eigenvalue weighted by Crippen LogP contribution is 2.27. The van der Waals surface area contributed by atoms with Crippen molar-refractivity contribution in [2.24, 2.45) is 0 Å². The Morgan fingerprint density at radius 2 is 1.67 bits per heavy atom. The summed E-state index contributed by atoms with van der Waals surface area (Å²) in [5.74, 6) is 0.910. The van der Waals surface area contributed by atoms with E-state index in [9.17, 15) is 0 Å². The molecular formula is C18H13NOS. The number of hydrogen-bond donors (Lipinski definition) is 0. The number of fused-ring (bicyclic) bond motifs is 2. The molecule has 0 aliphatic rings. The van der Waals surface area contributed by atoms with Gasteiger partial charge in [-0.1, -0.05) is 48.5 Å². The van der Waals surface area contributed by atoms with E-state index in [1.165, 1.54) is 10.1 Å². The fraction of sp³-hybridized carbons (Fsp3) is 0.0556. The Bertz CT molecular complexity index is 875. The number of thiazole rings is 1. The van der Waals surface area contributed by atoms with Crippen LogP contribution >= 0.6 is 11.3 Å². The molecule has 1 aromatic heterocycles. The molecule has 2 nitrogen and oxygen atoms in total. The zero-order chi connectivity index (χ0) is 14.1. The fourth-order valence-corrected chi connectivity index (χ4v) is 3.32. The minimum absolute atomic E-state index is 0.507. The summed E-state index contributed by atoms with van der Waals surface area (Å²) in [6.45, 7) is 0.507. The van der Waals surface area contributed by atoms with Crippen molar-refractivity contribution in [3.63, 3.8) is 0 Å². The topological polar surface area (TPSA) is 22.1 Å². The minimum Gasteiger partial charge on any atom is -0.486 e. The van der Waals surface area contributed by atoms with Crippen molar-refractivity contribution >= 4 is 32.3 Å². The SMILES string of the molecule is c1ccc2c(OCc3nc4ccccc4s3)cccc2c1. The second-order valence-corrected chi connectivity index (χ2v) is 5.96. The van der Waals surface area contributed by atoms with Gasteiger partial charge in [-0.3, -0.25) is 0 Å². The molecule has 0 spiro atoms. The Kier molecular flexibility index (Phi) is 3.05. The highest BCUT2D eigenvalue weighted by atomic mass is 32.1. The molecule has 0 aliphatic carbocycles. The molecule has 0 bridgehead atoms. The summed E-state index contributed by atoms with van der Waals surface area (Å²) in [5, 5.41) is 3.34. The molecule has 0 aliphatic heterocycles. The van der Waals surface area contributed by atoms with Crippen LogP contribution in [0, 0.1) is 0 Å². The first-order chi connectivity index (χ1) is 10.4. The molecule has 0 atom stereocenters. The van der Waals surface area contributed by atoms with Gasteiger partial charge in [0, 0.05) is 5.39 Å². The van der Waals surface area contributed by atoms with Gasteiger partial charge in [0.05, 0.1) is 10.2 Å². The van der Waals surface area contributed by atoms with Gasteiger partial charge in [0.2, 0.25) is 0 Å². The van der Waals surface area contributed by atoms with Crippen molar-refractivity contribution in [1.29, 1.82) is 0 Å². The Hall–Kier alpha value is -2.39. The summed E-state index contributed by atoms with van der Waals surface area (Å²) >= 11 is 1.69. The third-order valence-electron chi connectivity index (χ3n) is 3.44. The van der Waals surface area contributed by atoms with Crippen LogP contribution in [-0.4, -0.2) is 4.98 Å². The molecule has 0 saturated carbocycles. The molecule has 0 fully saturated rings. The van der Waals surface area contributed by atoms with Gasteiger partial charge < -0.3 is 4.74 Å². The number of ether oxygens (including phenoxy) is 1. The smallest absolute Gasteiger partial charge is 0.140 e. The number of para-hydroxylation sites is 1. The molecule has 1 heterocycles. The summed E-state index contributed by atoms with van der Waals surface area (Å²) in [4.78, 5) is 4.60. The average molecular weight is 291 g/mol. The van der Waals surface area contributed by atoms with Crippen molar-refractivity contribution in [2.75, 3.05) is 0 Å². The van der Waals surface area contributed by atoms with Crippen LogP contribution in [0.25, 0.3) is 21.0 Å². The van der Waals surface area contributed by atoms with E-state index in [1.807, 2.05) is 42.5 Å². The van der Waals surface area contributed by atoms with Gasteiger partial charge in [-0.05, 0) is 23.6 Å². The highest BCUT2D eigenvalue weighted by Gasteiger charge is 2.05. The summed E-state index contributed by atoms with van der Waals surface area (Å²) < 4.78 is 7.19. The van der Waals surface area contributed by atoms with Crippen LogP contribution in [0.1, 0.15) is 5.01 Å². The maximum Gasteiger partial charge on any atom is 0.140 e. The zero-order valence-corrected chi connectivity index (χ0v) is 12.1. The molecule has 4 rings (SSSR count). The monoisotopic (exact) mass is 291 g/mol. The molecule has 0 N–H and O–H groups in total. The number of rotatable bonds is 3. The predicted octanol–water partition coefficient (Wildman–Crippen LogP) is 5.03. The van der Waals surface area contributed by atoms with E-state index in [-0.39, 0.29) is 0 Å². The lowest BCUT2D eigenvalue weighted by molar-refractivity contribution is 0.309. The van der Waals surface area contributed by atoms with Gasteiger partial charge in [0.15, 0.2) is 0 Å². The second-order valence-electron chi connectivity index (χ2n) is 4.84. The lowest BCUT2D eigenvalue weighted by Crippen LogP contribution is -1.95. The van der Waals surface area contributed by atoms with Gasteiger partial charge in [-0.25, -0.2) is 4.98 Å². The van der Waals surface area contributed by atoms with E-state index in [4.69, 9.17) is 4.74 Å². The molecule has 3 aromatic carbocycles. The van der Waals surface area contributed by atoms with Crippen LogP contribution < -0.4 is 4.74 Å². The van der Waals surface area contributed by atoms with Gasteiger partial charge in [0.1, 0.15) is 17.4 Å². The van der Waals surface area contributed by atoms with Crippen molar-refractivity contribution in [2.45, 2.75) is 6.61 Å². The largest absolute Gasteiger partial charge is 0.486 e. The summed E-state index contributed by atoms with van der Waals surface area (Å²) in [7, 11) is 0. The molecule has 0 amide bonds. The minimum atomic E-state index is 0.507. The van der Waals surface area contributed by atoms with Crippen molar-refractivity contribution in [1.82, 2.24) is 4.98 Å². The first-order valence-electron chi connectivity index (χ1n) is 6.85. The Balaban J connectivity index is 1.63. The Morgan fingerprint density at radius 3 is 2.62 bits per heavy atom. The average Bonchev–Trinajstić information content (AvgIpc) is 2.96. The van der Waals surface area contributed by atoms with Crippen LogP contribution in [0.2, 0.25) is 0 Å². The highest BCUT2D eigenvalue weighted by molar-refractivity contribution is 7.18. The molecule has 3 heteroatoms. The fourth-order valence-electron chi connectivity index (χ4n) is 2.44. The summed E-state index contributed by atoms with van der Waals surface area (Å²) in [6.07, 6.45) is 0. The maximum absolute atomic E-state index is 5.98.